The highest BCUT2D eigenvalue weighted by molar-refractivity contribution is 5.76. The van der Waals surface area contributed by atoms with E-state index in [4.69, 9.17) is 0 Å². The number of rotatable bonds is 5. The summed E-state index contributed by atoms with van der Waals surface area (Å²) in [6.07, 6.45) is 5.11. The summed E-state index contributed by atoms with van der Waals surface area (Å²) in [6, 6.07) is 9.80. The molecule has 0 spiro atoms. The van der Waals surface area contributed by atoms with Crippen LogP contribution in [0.5, 0.6) is 0 Å². The minimum absolute atomic E-state index is 0.258. The number of piperazine rings is 1. The molecule has 130 valence electrons. The van der Waals surface area contributed by atoms with Crippen molar-refractivity contribution in [2.24, 2.45) is 0 Å². The van der Waals surface area contributed by atoms with Gasteiger partial charge in [-0.25, -0.2) is 0 Å². The van der Waals surface area contributed by atoms with Crippen LogP contribution >= 0.6 is 0 Å². The fraction of sp³-hybridized carbons (Fsp3) is 0.350. The molecule has 0 atom stereocenters. The summed E-state index contributed by atoms with van der Waals surface area (Å²) in [5, 5.41) is 0. The maximum absolute atomic E-state index is 12.0. The first-order valence-corrected chi connectivity index (χ1v) is 8.78. The van der Waals surface area contributed by atoms with E-state index < -0.39 is 0 Å². The monoisotopic (exact) mass is 336 g/mol. The van der Waals surface area contributed by atoms with Crippen LogP contribution in [0.15, 0.2) is 49.3 Å². The predicted octanol–water partition coefficient (Wildman–Crippen LogP) is 3.06. The van der Waals surface area contributed by atoms with Gasteiger partial charge in [0.15, 0.2) is 0 Å². The highest BCUT2D eigenvalue weighted by Crippen LogP contribution is 2.23. The van der Waals surface area contributed by atoms with Crippen LogP contribution in [-0.4, -0.2) is 51.9 Å². The number of pyridine rings is 2. The van der Waals surface area contributed by atoms with Gasteiger partial charge < -0.3 is 9.80 Å². The fourth-order valence-electron chi connectivity index (χ4n) is 3.04. The molecule has 2 aromatic rings. The molecule has 1 aliphatic rings. The Hall–Kier alpha value is -2.69. The van der Waals surface area contributed by atoms with E-state index in [2.05, 4.69) is 21.4 Å². The first kappa shape index (κ1) is 17.1. The summed E-state index contributed by atoms with van der Waals surface area (Å²) in [7, 11) is 0. The Labute approximate surface area is 149 Å². The maximum Gasteiger partial charge on any atom is 0.222 e. The Morgan fingerprint density at radius 2 is 1.76 bits per heavy atom. The number of carbonyl (C=O) groups excluding carboxylic acids is 1. The Morgan fingerprint density at radius 1 is 1.04 bits per heavy atom. The highest BCUT2D eigenvalue weighted by Gasteiger charge is 2.21. The second-order valence-corrected chi connectivity index (χ2v) is 6.21. The molecule has 1 saturated heterocycles. The van der Waals surface area contributed by atoms with Crippen molar-refractivity contribution in [1.29, 1.82) is 0 Å². The van der Waals surface area contributed by atoms with Gasteiger partial charge in [0, 0.05) is 56.3 Å². The highest BCUT2D eigenvalue weighted by atomic mass is 16.2. The summed E-state index contributed by atoms with van der Waals surface area (Å²) in [6.45, 7) is 9.45. The standard InChI is InChI=1S/C20H24N4O/c1-3-6-20(25)24-13-11-23(12-14-24)16(2)17-8-10-22-19(15-17)18-7-4-5-9-21-18/h4-5,7-10,15H,2-3,6,11-14H2,1H3. The zero-order valence-corrected chi connectivity index (χ0v) is 14.7. The fourth-order valence-corrected chi connectivity index (χ4v) is 3.04. The van der Waals surface area contributed by atoms with Gasteiger partial charge in [0.1, 0.15) is 0 Å². The molecule has 5 nitrogen and oxygen atoms in total. The van der Waals surface area contributed by atoms with E-state index in [9.17, 15) is 4.79 Å². The summed E-state index contributed by atoms with van der Waals surface area (Å²) in [4.78, 5) is 25.0. The van der Waals surface area contributed by atoms with Crippen molar-refractivity contribution < 1.29 is 4.79 Å². The molecule has 2 aromatic heterocycles. The molecular weight excluding hydrogens is 312 g/mol. The predicted molar refractivity (Wildman–Crippen MR) is 99.6 cm³/mol. The molecule has 0 unspecified atom stereocenters. The second-order valence-electron chi connectivity index (χ2n) is 6.21. The smallest absolute Gasteiger partial charge is 0.222 e. The minimum Gasteiger partial charge on any atom is -0.368 e. The average molecular weight is 336 g/mol. The largest absolute Gasteiger partial charge is 0.368 e. The maximum atomic E-state index is 12.0. The van der Waals surface area contributed by atoms with Gasteiger partial charge in [0.25, 0.3) is 0 Å². The number of amides is 1. The zero-order valence-electron chi connectivity index (χ0n) is 14.7. The summed E-state index contributed by atoms with van der Waals surface area (Å²) >= 11 is 0. The van der Waals surface area contributed by atoms with Crippen LogP contribution in [0.2, 0.25) is 0 Å². The molecule has 1 fully saturated rings. The summed E-state index contributed by atoms with van der Waals surface area (Å²) in [5.41, 5.74) is 3.72. The molecule has 0 saturated carbocycles. The van der Waals surface area contributed by atoms with E-state index in [1.165, 1.54) is 0 Å². The van der Waals surface area contributed by atoms with E-state index in [1.54, 1.807) is 12.4 Å². The van der Waals surface area contributed by atoms with Gasteiger partial charge in [-0.15, -0.1) is 0 Å². The van der Waals surface area contributed by atoms with E-state index in [0.29, 0.717) is 6.42 Å². The molecular formula is C20H24N4O. The lowest BCUT2D eigenvalue weighted by Crippen LogP contribution is -2.47. The molecule has 25 heavy (non-hydrogen) atoms. The third-order valence-electron chi connectivity index (χ3n) is 4.50. The molecule has 3 rings (SSSR count). The van der Waals surface area contributed by atoms with Gasteiger partial charge in [-0.1, -0.05) is 19.6 Å². The van der Waals surface area contributed by atoms with Crippen LogP contribution in [0.3, 0.4) is 0 Å². The first-order chi connectivity index (χ1) is 12.2. The lowest BCUT2D eigenvalue weighted by Gasteiger charge is -2.37. The quantitative estimate of drug-likeness (QED) is 0.842. The zero-order chi connectivity index (χ0) is 17.6. The van der Waals surface area contributed by atoms with Crippen LogP contribution in [0.25, 0.3) is 17.1 Å². The average Bonchev–Trinajstić information content (AvgIpc) is 2.68. The molecule has 0 aromatic carbocycles. The van der Waals surface area contributed by atoms with Crippen LogP contribution in [0.4, 0.5) is 0 Å². The molecule has 1 amide bonds. The van der Waals surface area contributed by atoms with Crippen LogP contribution in [0.1, 0.15) is 25.3 Å². The third-order valence-corrected chi connectivity index (χ3v) is 4.50. The molecule has 0 N–H and O–H groups in total. The Kier molecular flexibility index (Phi) is 5.43. The van der Waals surface area contributed by atoms with Crippen LogP contribution in [-0.2, 0) is 4.79 Å². The Morgan fingerprint density at radius 3 is 2.44 bits per heavy atom. The molecule has 5 heteroatoms. The molecule has 0 bridgehead atoms. The van der Waals surface area contributed by atoms with E-state index in [0.717, 1.165) is 55.2 Å². The molecule has 1 aliphatic heterocycles. The van der Waals surface area contributed by atoms with Crippen LogP contribution < -0.4 is 0 Å². The third kappa shape index (κ3) is 4.05. The number of carbonyl (C=O) groups is 1. The molecule has 3 heterocycles. The minimum atomic E-state index is 0.258. The van der Waals surface area contributed by atoms with Crippen molar-refractivity contribution in [2.45, 2.75) is 19.8 Å². The number of nitrogens with zero attached hydrogens (tertiary/aromatic N) is 4. The van der Waals surface area contributed by atoms with E-state index in [1.807, 2.05) is 42.2 Å². The SMILES string of the molecule is C=C(c1ccnc(-c2ccccn2)c1)N1CCN(C(=O)CCC)CC1. The van der Waals surface area contributed by atoms with E-state index in [-0.39, 0.29) is 5.91 Å². The number of aromatic nitrogens is 2. The van der Waals surface area contributed by atoms with Gasteiger partial charge in [-0.3, -0.25) is 14.8 Å². The first-order valence-electron chi connectivity index (χ1n) is 8.78. The second kappa shape index (κ2) is 7.92. The summed E-state index contributed by atoms with van der Waals surface area (Å²) in [5.74, 6) is 0.258. The molecule has 0 radical (unpaired) electrons. The van der Waals surface area contributed by atoms with Crippen molar-refractivity contribution in [2.75, 3.05) is 26.2 Å². The topological polar surface area (TPSA) is 49.3 Å². The van der Waals surface area contributed by atoms with Gasteiger partial charge in [0.2, 0.25) is 5.91 Å². The lowest BCUT2D eigenvalue weighted by atomic mass is 10.1. The van der Waals surface area contributed by atoms with Gasteiger partial charge in [-0.2, -0.15) is 0 Å². The van der Waals surface area contributed by atoms with Crippen molar-refractivity contribution in [3.63, 3.8) is 0 Å². The van der Waals surface area contributed by atoms with Gasteiger partial charge >= 0.3 is 0 Å². The van der Waals surface area contributed by atoms with Gasteiger partial charge in [-0.05, 0) is 30.7 Å². The Bertz CT molecular complexity index is 736. The van der Waals surface area contributed by atoms with Gasteiger partial charge in [0.05, 0.1) is 11.4 Å². The Balaban J connectivity index is 1.67. The normalized spacial score (nSPS) is 14.4. The summed E-state index contributed by atoms with van der Waals surface area (Å²) < 4.78 is 0. The van der Waals surface area contributed by atoms with Crippen molar-refractivity contribution in [3.05, 3.63) is 54.9 Å². The van der Waals surface area contributed by atoms with E-state index >= 15 is 0 Å². The lowest BCUT2D eigenvalue weighted by molar-refractivity contribution is -0.132. The van der Waals surface area contributed by atoms with Crippen molar-refractivity contribution >= 4 is 11.6 Å². The molecule has 0 aliphatic carbocycles. The number of hydrogen-bond acceptors (Lipinski definition) is 4. The number of hydrogen-bond donors (Lipinski definition) is 0. The van der Waals surface area contributed by atoms with Crippen LogP contribution in [0, 0.1) is 0 Å². The van der Waals surface area contributed by atoms with Crippen molar-refractivity contribution in [3.8, 4) is 11.4 Å². The van der Waals surface area contributed by atoms with Crippen molar-refractivity contribution in [1.82, 2.24) is 19.8 Å².